The van der Waals surface area contributed by atoms with Crippen molar-refractivity contribution in [3.05, 3.63) is 69.9 Å². The average molecular weight is 511 g/mol. The van der Waals surface area contributed by atoms with Crippen molar-refractivity contribution in [2.75, 3.05) is 9.74 Å². The van der Waals surface area contributed by atoms with E-state index in [9.17, 15) is 0 Å². The molecule has 0 saturated heterocycles. The summed E-state index contributed by atoms with van der Waals surface area (Å²) in [6, 6.07) is 19.3. The van der Waals surface area contributed by atoms with Crippen molar-refractivity contribution >= 4 is 43.9 Å². The van der Waals surface area contributed by atoms with Gasteiger partial charge in [0.25, 0.3) is 0 Å². The van der Waals surface area contributed by atoms with E-state index in [1.165, 1.54) is 20.8 Å². The Morgan fingerprint density at radius 3 is 2.97 bits per heavy atom. The number of rotatable bonds is 8. The summed E-state index contributed by atoms with van der Waals surface area (Å²) in [4.78, 5) is 12.3. The van der Waals surface area contributed by atoms with Gasteiger partial charge in [0.15, 0.2) is 0 Å². The Kier molecular flexibility index (Phi) is 6.44. The maximum absolute atomic E-state index is 9.08. The fraction of sp³-hybridized carbons (Fsp3) is 0.174. The number of nitrogens with one attached hydrogen (secondary N) is 2. The van der Waals surface area contributed by atoms with E-state index in [0.29, 0.717) is 28.8 Å². The van der Waals surface area contributed by atoms with Gasteiger partial charge < -0.3 is 0 Å². The van der Waals surface area contributed by atoms with Gasteiger partial charge in [-0.15, -0.1) is 0 Å². The van der Waals surface area contributed by atoms with Crippen LogP contribution >= 0.6 is 21.2 Å². The number of nitrogens with zero attached hydrogens (tertiary/aromatic N) is 3. The molecule has 7 heteroatoms. The van der Waals surface area contributed by atoms with E-state index >= 15 is 0 Å². The molecule has 0 fully saturated rings. The summed E-state index contributed by atoms with van der Waals surface area (Å²) in [5.41, 5.74) is 3.19. The molecule has 4 rings (SSSR count). The van der Waals surface area contributed by atoms with E-state index in [0.717, 1.165) is 11.0 Å². The third-order valence-corrected chi connectivity index (χ3v) is 7.50. The Morgan fingerprint density at radius 1 is 1.17 bits per heavy atom. The van der Waals surface area contributed by atoms with Crippen LogP contribution < -0.4 is 10.1 Å². The number of imidazole rings is 1. The molecule has 6 nitrogen and oxygen atoms in total. The summed E-state index contributed by atoms with van der Waals surface area (Å²) in [5.74, 6) is 1.61. The number of alkyl halides is 1. The quantitative estimate of drug-likeness (QED) is 0.171. The van der Waals surface area contributed by atoms with E-state index in [-0.39, 0.29) is 21.2 Å². The van der Waals surface area contributed by atoms with Crippen LogP contribution in [0.3, 0.4) is 0 Å². The molecular formula is C23H22IN5O. The van der Waals surface area contributed by atoms with Crippen molar-refractivity contribution in [2.24, 2.45) is 0 Å². The topological polar surface area (TPSA) is 86.6 Å². The molecular weight excluding hydrogens is 489 g/mol. The van der Waals surface area contributed by atoms with Crippen LogP contribution in [0.1, 0.15) is 25.3 Å². The molecule has 2 heterocycles. The number of halogens is 1. The number of anilines is 2. The van der Waals surface area contributed by atoms with Crippen LogP contribution in [0.5, 0.6) is 11.6 Å². The second-order valence-electron chi connectivity index (χ2n) is 6.69. The number of unbranched alkanes of at least 4 members (excludes halogenated alkanes) is 1. The molecule has 0 amide bonds. The van der Waals surface area contributed by atoms with Crippen LogP contribution in [0.15, 0.2) is 60.8 Å². The standard InChI is InChI=1S/C23H22IN5O/c1-2-3-11-24-17-9-10-19-21(14-17)29-23(27-19)28-20-8-5-12-26-22(20)30-18-7-4-6-16(13-18)15-25/h4-10,12-14,24H,2-3,11H2,1H3,(H2,27,28,29). The molecule has 0 aliphatic rings. The van der Waals surface area contributed by atoms with E-state index in [2.05, 4.69) is 51.5 Å². The third kappa shape index (κ3) is 4.89. The second-order valence-corrected chi connectivity index (χ2v) is 10.0. The summed E-state index contributed by atoms with van der Waals surface area (Å²) < 4.78 is 8.68. The number of benzene rings is 2. The Bertz CT molecular complexity index is 1200. The minimum atomic E-state index is -0.142. The average Bonchev–Trinajstić information content (AvgIpc) is 3.17. The van der Waals surface area contributed by atoms with Crippen LogP contribution in [0, 0.1) is 14.9 Å². The Hall–Kier alpha value is -3.12. The Morgan fingerprint density at radius 2 is 2.10 bits per heavy atom. The van der Waals surface area contributed by atoms with Crippen molar-refractivity contribution in [1.29, 1.82) is 5.26 Å². The number of aromatic nitrogens is 3. The van der Waals surface area contributed by atoms with Crippen molar-refractivity contribution < 1.29 is 4.74 Å². The van der Waals surface area contributed by atoms with Crippen molar-refractivity contribution in [3.63, 3.8) is 0 Å². The fourth-order valence-electron chi connectivity index (χ4n) is 2.91. The Labute approximate surface area is 185 Å². The van der Waals surface area contributed by atoms with Crippen LogP contribution in [-0.4, -0.2) is 19.4 Å². The molecule has 2 aromatic carbocycles. The first-order valence-electron chi connectivity index (χ1n) is 9.78. The second kappa shape index (κ2) is 9.59. The normalized spacial score (nSPS) is 10.8. The van der Waals surface area contributed by atoms with Gasteiger partial charge >= 0.3 is 169 Å². The maximum atomic E-state index is 9.08. The predicted octanol–water partition coefficient (Wildman–Crippen LogP) is 6.04. The zero-order chi connectivity index (χ0) is 20.8. The first-order chi connectivity index (χ1) is 14.7. The number of hydrogen-bond acceptors (Lipinski definition) is 5. The molecule has 0 bridgehead atoms. The van der Waals surface area contributed by atoms with Crippen LogP contribution in [-0.2, 0) is 0 Å². The predicted molar refractivity (Wildman–Crippen MR) is 129 cm³/mol. The number of nitriles is 1. The number of pyridine rings is 1. The van der Waals surface area contributed by atoms with Gasteiger partial charge in [0, 0.05) is 0 Å². The molecule has 2 aromatic heterocycles. The first-order valence-corrected chi connectivity index (χ1v) is 12.6. The zero-order valence-corrected chi connectivity index (χ0v) is 18.9. The van der Waals surface area contributed by atoms with Gasteiger partial charge in [0.1, 0.15) is 0 Å². The van der Waals surface area contributed by atoms with Gasteiger partial charge in [-0.05, 0) is 6.07 Å². The summed E-state index contributed by atoms with van der Waals surface area (Å²) in [5, 5.41) is 12.4. The van der Waals surface area contributed by atoms with Crippen molar-refractivity contribution in [1.82, 2.24) is 15.0 Å². The van der Waals surface area contributed by atoms with Crippen molar-refractivity contribution in [2.45, 2.75) is 19.8 Å². The van der Waals surface area contributed by atoms with Gasteiger partial charge in [0.2, 0.25) is 0 Å². The summed E-state index contributed by atoms with van der Waals surface area (Å²) in [6.45, 7) is 2.24. The van der Waals surface area contributed by atoms with Gasteiger partial charge in [-0.1, -0.05) is 0 Å². The molecule has 0 aliphatic heterocycles. The fourth-order valence-corrected chi connectivity index (χ4v) is 5.86. The molecule has 0 unspecified atom stereocenters. The van der Waals surface area contributed by atoms with Gasteiger partial charge in [0.05, 0.1) is 6.07 Å². The number of fused-ring (bicyclic) bond motifs is 1. The van der Waals surface area contributed by atoms with Gasteiger partial charge in [-0.2, -0.15) is 5.26 Å². The molecule has 4 aromatic rings. The van der Waals surface area contributed by atoms with E-state index in [1.54, 1.807) is 30.5 Å². The number of aromatic amines is 1. The van der Waals surface area contributed by atoms with E-state index < -0.39 is 0 Å². The van der Waals surface area contributed by atoms with Crippen LogP contribution in [0.4, 0.5) is 11.6 Å². The van der Waals surface area contributed by atoms with Gasteiger partial charge in [-0.3, -0.25) is 0 Å². The number of ether oxygens (including phenoxy) is 1. The molecule has 0 radical (unpaired) electrons. The summed E-state index contributed by atoms with van der Waals surface area (Å²) in [7, 11) is 0. The molecule has 0 saturated carbocycles. The van der Waals surface area contributed by atoms with Crippen molar-refractivity contribution in [3.8, 4) is 17.7 Å². The molecule has 2 N–H and O–H groups in total. The molecule has 152 valence electrons. The third-order valence-electron chi connectivity index (χ3n) is 4.42. The number of H-pyrrole nitrogens is 1. The molecule has 0 aliphatic carbocycles. The minimum absolute atomic E-state index is 0.142. The van der Waals surface area contributed by atoms with Gasteiger partial charge in [-0.25, -0.2) is 0 Å². The monoisotopic (exact) mass is 511 g/mol. The molecule has 0 atom stereocenters. The SMILES string of the molecule is CCCC[IH]c1ccc2nc(Nc3cccnc3Oc3cccc(C#N)c3)[nH]c2c1. The van der Waals surface area contributed by atoms with E-state index in [4.69, 9.17) is 10.00 Å². The molecule has 30 heavy (non-hydrogen) atoms. The summed E-state index contributed by atoms with van der Waals surface area (Å²) in [6.07, 6.45) is 4.22. The molecule has 0 spiro atoms. The van der Waals surface area contributed by atoms with E-state index in [1.807, 2.05) is 12.1 Å². The van der Waals surface area contributed by atoms with Crippen LogP contribution in [0.2, 0.25) is 0 Å². The number of hydrogen-bond donors (Lipinski definition) is 2. The first kappa shape index (κ1) is 20.2. The van der Waals surface area contributed by atoms with Crippen LogP contribution in [0.25, 0.3) is 11.0 Å². The zero-order valence-electron chi connectivity index (χ0n) is 16.6. The summed E-state index contributed by atoms with van der Waals surface area (Å²) >= 11 is -0.142. The Balaban J connectivity index is 1.54.